The number of carbonyl (C=O) groups excluding carboxylic acids is 3. The predicted octanol–water partition coefficient (Wildman–Crippen LogP) is 6.35. The van der Waals surface area contributed by atoms with Crippen molar-refractivity contribution >= 4 is 17.9 Å². The first-order valence-electron chi connectivity index (χ1n) is 12.5. The summed E-state index contributed by atoms with van der Waals surface area (Å²) in [6.07, 6.45) is 2.63. The molecule has 0 aliphatic carbocycles. The molecule has 0 unspecified atom stereocenters. The van der Waals surface area contributed by atoms with E-state index in [2.05, 4.69) is 19.7 Å². The topological polar surface area (TPSA) is 107 Å². The molecule has 216 valence electrons. The number of rotatable bonds is 13. The lowest BCUT2D eigenvalue weighted by molar-refractivity contribution is -0.131. The Morgan fingerprint density at radius 2 is 1.12 bits per heavy atom. The van der Waals surface area contributed by atoms with Gasteiger partial charge in [0.25, 0.3) is 0 Å². The van der Waals surface area contributed by atoms with Gasteiger partial charge in [0.1, 0.15) is 41.3 Å². The summed E-state index contributed by atoms with van der Waals surface area (Å²) in [6.45, 7) is 13.9. The third kappa shape index (κ3) is 9.07. The first-order valence-corrected chi connectivity index (χ1v) is 12.5. The molecule has 9 nitrogen and oxygen atoms in total. The van der Waals surface area contributed by atoms with Gasteiger partial charge in [-0.2, -0.15) is 0 Å². The fraction of sp³-hybridized carbons (Fsp3) is 0.121. The zero-order chi connectivity index (χ0) is 30.6. The third-order valence-corrected chi connectivity index (χ3v) is 5.33. The van der Waals surface area contributed by atoms with Gasteiger partial charge < -0.3 is 28.4 Å². The lowest BCUT2D eigenvalue weighted by atomic mass is 10.0. The van der Waals surface area contributed by atoms with E-state index in [9.17, 15) is 14.4 Å². The van der Waals surface area contributed by atoms with E-state index in [1.54, 1.807) is 74.5 Å². The quantitative estimate of drug-likeness (QED) is 0.100. The molecule has 0 saturated heterocycles. The number of ether oxygens (including phenoxy) is 6. The molecule has 3 aromatic rings. The van der Waals surface area contributed by atoms with Crippen LogP contribution in [0.25, 0.3) is 11.1 Å². The van der Waals surface area contributed by atoms with Gasteiger partial charge in [-0.3, -0.25) is 0 Å². The summed E-state index contributed by atoms with van der Waals surface area (Å²) in [5, 5.41) is 0. The fourth-order valence-corrected chi connectivity index (χ4v) is 3.19. The van der Waals surface area contributed by atoms with Gasteiger partial charge in [-0.05, 0) is 67.9 Å². The van der Waals surface area contributed by atoms with Crippen LogP contribution in [0.15, 0.2) is 116 Å². The first kappa shape index (κ1) is 31.1. The second-order valence-corrected chi connectivity index (χ2v) is 8.93. The van der Waals surface area contributed by atoms with Gasteiger partial charge in [0.05, 0.1) is 12.2 Å². The van der Waals surface area contributed by atoms with Crippen molar-refractivity contribution in [2.45, 2.75) is 13.8 Å². The average Bonchev–Trinajstić information content (AvgIpc) is 2.96. The van der Waals surface area contributed by atoms with Gasteiger partial charge in [0, 0.05) is 29.9 Å². The van der Waals surface area contributed by atoms with E-state index in [4.69, 9.17) is 28.4 Å². The molecule has 0 bridgehead atoms. The first-order chi connectivity index (χ1) is 20.1. The molecule has 0 atom stereocenters. The summed E-state index contributed by atoms with van der Waals surface area (Å²) in [4.78, 5) is 36.0. The van der Waals surface area contributed by atoms with Crippen LogP contribution >= 0.6 is 0 Å². The van der Waals surface area contributed by atoms with E-state index in [-0.39, 0.29) is 23.5 Å². The van der Waals surface area contributed by atoms with Crippen molar-refractivity contribution in [1.29, 1.82) is 0 Å². The predicted molar refractivity (Wildman–Crippen MR) is 156 cm³/mol. The third-order valence-electron chi connectivity index (χ3n) is 5.33. The molecule has 0 spiro atoms. The summed E-state index contributed by atoms with van der Waals surface area (Å²) < 4.78 is 32.1. The summed E-state index contributed by atoms with van der Waals surface area (Å²) in [6, 6.07) is 18.0. The molecule has 9 heteroatoms. The Balaban J connectivity index is 1.74. The Morgan fingerprint density at radius 3 is 1.64 bits per heavy atom. The molecule has 0 aliphatic rings. The monoisotopic (exact) mass is 570 g/mol. The van der Waals surface area contributed by atoms with Crippen LogP contribution in [0.4, 0.5) is 0 Å². The molecule has 0 radical (unpaired) electrons. The molecule has 0 N–H and O–H groups in total. The second kappa shape index (κ2) is 14.8. The van der Waals surface area contributed by atoms with E-state index >= 15 is 0 Å². The van der Waals surface area contributed by atoms with Gasteiger partial charge in [0.2, 0.25) is 0 Å². The summed E-state index contributed by atoms with van der Waals surface area (Å²) in [7, 11) is 1.45. The number of esters is 3. The number of hydrogen-bond acceptors (Lipinski definition) is 9. The van der Waals surface area contributed by atoms with Crippen molar-refractivity contribution < 1.29 is 42.8 Å². The van der Waals surface area contributed by atoms with Gasteiger partial charge >= 0.3 is 17.9 Å². The van der Waals surface area contributed by atoms with E-state index in [0.717, 1.165) is 0 Å². The number of hydrogen-bond donors (Lipinski definition) is 0. The van der Waals surface area contributed by atoms with Crippen LogP contribution in [0.1, 0.15) is 13.8 Å². The van der Waals surface area contributed by atoms with Crippen molar-refractivity contribution in [3.63, 3.8) is 0 Å². The molecule has 0 heterocycles. The molecule has 0 aromatic heterocycles. The maximum atomic E-state index is 12.6. The highest BCUT2D eigenvalue weighted by Crippen LogP contribution is 2.35. The largest absolute Gasteiger partial charge is 0.462 e. The fourth-order valence-electron chi connectivity index (χ4n) is 3.19. The minimum absolute atomic E-state index is 0.00449. The maximum absolute atomic E-state index is 12.6. The van der Waals surface area contributed by atoms with Crippen molar-refractivity contribution in [2.75, 3.05) is 13.7 Å². The summed E-state index contributed by atoms with van der Waals surface area (Å²) in [5.41, 5.74) is 1.96. The van der Waals surface area contributed by atoms with E-state index in [0.29, 0.717) is 39.7 Å². The smallest absolute Gasteiger partial charge is 0.341 e. The van der Waals surface area contributed by atoms with Crippen molar-refractivity contribution in [2.24, 2.45) is 0 Å². The van der Waals surface area contributed by atoms with Crippen LogP contribution < -0.4 is 23.7 Å². The highest BCUT2D eigenvalue weighted by atomic mass is 16.5. The van der Waals surface area contributed by atoms with Gasteiger partial charge in [-0.1, -0.05) is 31.9 Å². The Kier molecular flexibility index (Phi) is 11.0. The molecule has 3 aromatic carbocycles. The lowest BCUT2D eigenvalue weighted by Crippen LogP contribution is -2.14. The minimum Gasteiger partial charge on any atom is -0.462 e. The van der Waals surface area contributed by atoms with Crippen molar-refractivity contribution in [1.82, 2.24) is 0 Å². The van der Waals surface area contributed by atoms with Crippen molar-refractivity contribution in [3.8, 4) is 39.9 Å². The Morgan fingerprint density at radius 1 is 0.643 bits per heavy atom. The van der Waals surface area contributed by atoms with Crippen molar-refractivity contribution in [3.05, 3.63) is 116 Å². The average molecular weight is 571 g/mol. The van der Waals surface area contributed by atoms with Crippen LogP contribution in [0.5, 0.6) is 28.7 Å². The summed E-state index contributed by atoms with van der Waals surface area (Å²) >= 11 is 0. The molecule has 3 rings (SSSR count). The lowest BCUT2D eigenvalue weighted by Gasteiger charge is -2.13. The molecule has 42 heavy (non-hydrogen) atoms. The van der Waals surface area contributed by atoms with Gasteiger partial charge in [0.15, 0.2) is 0 Å². The normalized spacial score (nSPS) is 10.5. The van der Waals surface area contributed by atoms with Crippen LogP contribution in [-0.4, -0.2) is 31.6 Å². The SMILES string of the molecule is C=C(C)C(=O)Oc1ccc(O/C=C\Oc2ccc(-c3ccc(OC(=O)C(=C)C)cc3)c(OC(=O)C(=C)COC)c2)cc1. The number of carbonyl (C=O) groups is 3. The van der Waals surface area contributed by atoms with E-state index in [1.807, 2.05) is 0 Å². The Bertz CT molecular complexity index is 1510. The van der Waals surface area contributed by atoms with Crippen LogP contribution in [0, 0.1) is 0 Å². The summed E-state index contributed by atoms with van der Waals surface area (Å²) in [5.74, 6) is 0.0107. The standard InChI is InChI=1S/C33H30O9/c1-21(2)31(34)40-26-9-7-24(8-10-26)29-16-15-28(19-30(29)42-33(36)23(5)20-37-6)39-18-17-38-25-11-13-27(14-12-25)41-32(35)22(3)4/h7-19H,1,3,5,20H2,2,4,6H3/b18-17-. The molecule has 0 amide bonds. The van der Waals surface area contributed by atoms with E-state index in [1.165, 1.54) is 25.7 Å². The molecular weight excluding hydrogens is 540 g/mol. The maximum Gasteiger partial charge on any atom is 0.341 e. The zero-order valence-electron chi connectivity index (χ0n) is 23.5. The molecule has 0 fully saturated rings. The Labute approximate surface area is 243 Å². The van der Waals surface area contributed by atoms with Gasteiger partial charge in [-0.25, -0.2) is 14.4 Å². The molecular formula is C33H30O9. The van der Waals surface area contributed by atoms with Gasteiger partial charge in [-0.15, -0.1) is 0 Å². The molecule has 0 saturated carbocycles. The van der Waals surface area contributed by atoms with Crippen LogP contribution in [0.3, 0.4) is 0 Å². The van der Waals surface area contributed by atoms with E-state index < -0.39 is 17.9 Å². The minimum atomic E-state index is -0.668. The highest BCUT2D eigenvalue weighted by Gasteiger charge is 2.16. The van der Waals surface area contributed by atoms with Crippen LogP contribution in [-0.2, 0) is 19.1 Å². The van der Waals surface area contributed by atoms with Crippen LogP contribution in [0.2, 0.25) is 0 Å². The number of methoxy groups -OCH3 is 1. The Hall–Kier alpha value is -5.41. The number of benzene rings is 3. The second-order valence-electron chi connectivity index (χ2n) is 8.93. The zero-order valence-corrected chi connectivity index (χ0v) is 23.5. The molecule has 0 aliphatic heterocycles. The highest BCUT2D eigenvalue weighted by molar-refractivity contribution is 5.91.